The van der Waals surface area contributed by atoms with Gasteiger partial charge in [-0.05, 0) is 13.0 Å². The molecule has 0 saturated carbocycles. The lowest BCUT2D eigenvalue weighted by atomic mass is 10.1. The van der Waals surface area contributed by atoms with Crippen molar-refractivity contribution < 1.29 is 24.2 Å². The van der Waals surface area contributed by atoms with Crippen molar-refractivity contribution in [2.75, 3.05) is 6.54 Å². The number of aliphatic hydroxyl groups is 1. The number of carbonyl (C=O) groups excluding carboxylic acids is 1. The van der Waals surface area contributed by atoms with Gasteiger partial charge in [0.25, 0.3) is 5.91 Å². The summed E-state index contributed by atoms with van der Waals surface area (Å²) in [6, 6.07) is 6.24. The number of hydrogen-bond donors (Lipinski definition) is 2. The third-order valence-electron chi connectivity index (χ3n) is 3.86. The maximum Gasteiger partial charge on any atom is 0.326 e. The molecule has 2 atom stereocenters. The molecule has 6 nitrogen and oxygen atoms in total. The predicted molar refractivity (Wildman–Crippen MR) is 74.0 cm³/mol. The lowest BCUT2D eigenvalue weighted by Crippen LogP contribution is -2.40. The first kappa shape index (κ1) is 13.6. The second-order valence-electron chi connectivity index (χ2n) is 5.25. The molecule has 3 rings (SSSR count). The Hall–Kier alpha value is -2.34. The molecule has 0 unspecified atom stereocenters. The van der Waals surface area contributed by atoms with E-state index < -0.39 is 24.0 Å². The van der Waals surface area contributed by atoms with Gasteiger partial charge < -0.3 is 19.5 Å². The molecule has 1 amide bonds. The number of carboxylic acids is 1. The molecular weight excluding hydrogens is 274 g/mol. The van der Waals surface area contributed by atoms with Gasteiger partial charge in [0.15, 0.2) is 5.76 Å². The molecule has 0 spiro atoms. The largest absolute Gasteiger partial charge is 0.480 e. The Morgan fingerprint density at radius 1 is 1.33 bits per heavy atom. The van der Waals surface area contributed by atoms with E-state index >= 15 is 0 Å². The second kappa shape index (κ2) is 4.89. The van der Waals surface area contributed by atoms with Crippen LogP contribution in [-0.4, -0.2) is 45.7 Å². The van der Waals surface area contributed by atoms with E-state index in [1.165, 1.54) is 0 Å². The van der Waals surface area contributed by atoms with E-state index in [4.69, 9.17) is 4.42 Å². The highest BCUT2D eigenvalue weighted by atomic mass is 16.4. The van der Waals surface area contributed by atoms with Crippen LogP contribution in [0.25, 0.3) is 11.0 Å². The number of amides is 1. The Morgan fingerprint density at radius 3 is 2.71 bits per heavy atom. The van der Waals surface area contributed by atoms with Crippen molar-refractivity contribution in [3.8, 4) is 0 Å². The van der Waals surface area contributed by atoms with Crippen molar-refractivity contribution in [2.24, 2.45) is 0 Å². The monoisotopic (exact) mass is 289 g/mol. The first-order chi connectivity index (χ1) is 9.99. The quantitative estimate of drug-likeness (QED) is 0.872. The zero-order valence-corrected chi connectivity index (χ0v) is 11.4. The molecule has 1 aromatic heterocycles. The van der Waals surface area contributed by atoms with Crippen LogP contribution in [0.3, 0.4) is 0 Å². The summed E-state index contributed by atoms with van der Waals surface area (Å²) < 4.78 is 5.57. The molecule has 2 heterocycles. The summed E-state index contributed by atoms with van der Waals surface area (Å²) >= 11 is 0. The van der Waals surface area contributed by atoms with E-state index in [2.05, 4.69) is 0 Å². The van der Waals surface area contributed by atoms with Crippen LogP contribution in [0.4, 0.5) is 0 Å². The van der Waals surface area contributed by atoms with Gasteiger partial charge in [0, 0.05) is 23.9 Å². The van der Waals surface area contributed by atoms with Gasteiger partial charge in [-0.25, -0.2) is 4.79 Å². The highest BCUT2D eigenvalue weighted by molar-refractivity contribution is 6.00. The van der Waals surface area contributed by atoms with Gasteiger partial charge in [-0.1, -0.05) is 18.2 Å². The number of furan rings is 1. The highest BCUT2D eigenvalue weighted by Crippen LogP contribution is 2.28. The van der Waals surface area contributed by atoms with E-state index in [-0.39, 0.29) is 18.7 Å². The number of aliphatic hydroxyl groups excluding tert-OH is 1. The Morgan fingerprint density at radius 2 is 2.05 bits per heavy atom. The molecule has 6 heteroatoms. The topological polar surface area (TPSA) is 91.0 Å². The average Bonchev–Trinajstić information content (AvgIpc) is 3.00. The van der Waals surface area contributed by atoms with Gasteiger partial charge in [0.2, 0.25) is 0 Å². The lowest BCUT2D eigenvalue weighted by molar-refractivity contribution is -0.141. The van der Waals surface area contributed by atoms with Gasteiger partial charge in [0.05, 0.1) is 6.10 Å². The number of β-amino-alcohol motifs (C(OH)–C–C–N with tert-alkyl or cyclic N) is 1. The van der Waals surface area contributed by atoms with Crippen molar-refractivity contribution in [1.82, 2.24) is 4.90 Å². The minimum Gasteiger partial charge on any atom is -0.480 e. The number of rotatable bonds is 2. The zero-order chi connectivity index (χ0) is 15.1. The Bertz CT molecular complexity index is 720. The minimum atomic E-state index is -1.12. The number of benzene rings is 1. The summed E-state index contributed by atoms with van der Waals surface area (Å²) in [6.07, 6.45) is -0.778. The van der Waals surface area contributed by atoms with Gasteiger partial charge in [-0.2, -0.15) is 0 Å². The van der Waals surface area contributed by atoms with E-state index in [9.17, 15) is 19.8 Å². The molecular formula is C15H15NO5. The van der Waals surface area contributed by atoms with Crippen LogP contribution in [0, 0.1) is 6.92 Å². The van der Waals surface area contributed by atoms with Crippen LogP contribution in [0.1, 0.15) is 22.5 Å². The van der Waals surface area contributed by atoms with E-state index in [0.717, 1.165) is 10.3 Å². The molecule has 1 saturated heterocycles. The van der Waals surface area contributed by atoms with Gasteiger partial charge in [-0.15, -0.1) is 0 Å². The molecule has 2 N–H and O–H groups in total. The lowest BCUT2D eigenvalue weighted by Gasteiger charge is -2.20. The van der Waals surface area contributed by atoms with Crippen LogP contribution in [0.15, 0.2) is 28.7 Å². The number of nitrogens with zero attached hydrogens (tertiary/aromatic N) is 1. The SMILES string of the molecule is Cc1c(C(=O)N2C[C@@H](O)C[C@H]2C(=O)O)oc2ccccc12. The van der Waals surface area contributed by atoms with E-state index in [1.807, 2.05) is 12.1 Å². The van der Waals surface area contributed by atoms with Crippen molar-refractivity contribution in [2.45, 2.75) is 25.5 Å². The van der Waals surface area contributed by atoms with Crippen molar-refractivity contribution >= 4 is 22.8 Å². The first-order valence-electron chi connectivity index (χ1n) is 6.69. The van der Waals surface area contributed by atoms with Crippen LogP contribution in [0.2, 0.25) is 0 Å². The minimum absolute atomic E-state index is 0.00624. The first-order valence-corrected chi connectivity index (χ1v) is 6.69. The van der Waals surface area contributed by atoms with Crippen molar-refractivity contribution in [1.29, 1.82) is 0 Å². The number of carbonyl (C=O) groups is 2. The number of carboxylic acid groups (broad SMARTS) is 1. The number of hydrogen-bond acceptors (Lipinski definition) is 4. The maximum absolute atomic E-state index is 12.6. The summed E-state index contributed by atoms with van der Waals surface area (Å²) in [5.41, 5.74) is 1.27. The summed E-state index contributed by atoms with van der Waals surface area (Å²) in [5, 5.41) is 19.6. The van der Waals surface area contributed by atoms with Gasteiger partial charge in [-0.3, -0.25) is 4.79 Å². The number of fused-ring (bicyclic) bond motifs is 1. The van der Waals surface area contributed by atoms with Crippen LogP contribution in [-0.2, 0) is 4.79 Å². The second-order valence-corrected chi connectivity index (χ2v) is 5.25. The molecule has 0 bridgehead atoms. The number of aryl methyl sites for hydroxylation is 1. The fourth-order valence-electron chi connectivity index (χ4n) is 2.78. The number of para-hydroxylation sites is 1. The molecule has 0 radical (unpaired) electrons. The zero-order valence-electron chi connectivity index (χ0n) is 11.4. The average molecular weight is 289 g/mol. The Balaban J connectivity index is 2.00. The fourth-order valence-corrected chi connectivity index (χ4v) is 2.78. The Labute approximate surface area is 120 Å². The summed E-state index contributed by atoms with van der Waals surface area (Å²) in [5.74, 6) is -1.47. The molecule has 110 valence electrons. The number of aliphatic carboxylic acids is 1. The number of likely N-dealkylation sites (tertiary alicyclic amines) is 1. The molecule has 21 heavy (non-hydrogen) atoms. The molecule has 2 aromatic rings. The molecule has 1 aromatic carbocycles. The molecule has 1 fully saturated rings. The maximum atomic E-state index is 12.6. The van der Waals surface area contributed by atoms with Gasteiger partial charge in [0.1, 0.15) is 11.6 Å². The third kappa shape index (κ3) is 2.17. The van der Waals surface area contributed by atoms with Crippen molar-refractivity contribution in [3.63, 3.8) is 0 Å². The molecule has 1 aliphatic rings. The fraction of sp³-hybridized carbons (Fsp3) is 0.333. The molecule has 1 aliphatic heterocycles. The summed E-state index contributed by atoms with van der Waals surface area (Å²) in [6.45, 7) is 1.77. The van der Waals surface area contributed by atoms with Crippen LogP contribution >= 0.6 is 0 Å². The molecule has 0 aliphatic carbocycles. The van der Waals surface area contributed by atoms with Crippen molar-refractivity contribution in [3.05, 3.63) is 35.6 Å². The highest BCUT2D eigenvalue weighted by Gasteiger charge is 2.40. The summed E-state index contributed by atoms with van der Waals surface area (Å²) in [4.78, 5) is 24.9. The Kier molecular flexibility index (Phi) is 3.17. The van der Waals surface area contributed by atoms with E-state index in [0.29, 0.717) is 11.1 Å². The van der Waals surface area contributed by atoms with E-state index in [1.54, 1.807) is 19.1 Å². The third-order valence-corrected chi connectivity index (χ3v) is 3.86. The summed E-state index contributed by atoms with van der Waals surface area (Å²) in [7, 11) is 0. The van der Waals surface area contributed by atoms with Crippen LogP contribution in [0.5, 0.6) is 0 Å². The van der Waals surface area contributed by atoms with Crippen LogP contribution < -0.4 is 0 Å². The standard InChI is InChI=1S/C15H15NO5/c1-8-10-4-2-3-5-12(10)21-13(8)14(18)16-7-9(17)6-11(16)15(19)20/h2-5,9,11,17H,6-7H2,1H3,(H,19,20)/t9-,11-/m0/s1. The predicted octanol–water partition coefficient (Wildman–Crippen LogP) is 1.40. The smallest absolute Gasteiger partial charge is 0.326 e. The normalized spacial score (nSPS) is 21.9. The van der Waals surface area contributed by atoms with Gasteiger partial charge >= 0.3 is 5.97 Å².